The van der Waals surface area contributed by atoms with Gasteiger partial charge in [-0.25, -0.2) is 8.42 Å². The summed E-state index contributed by atoms with van der Waals surface area (Å²) in [6, 6.07) is 18.1. The van der Waals surface area contributed by atoms with E-state index in [1.54, 1.807) is 49.4 Å². The molecule has 0 aromatic heterocycles. The van der Waals surface area contributed by atoms with Crippen LogP contribution in [-0.2, 0) is 26.2 Å². The Balaban J connectivity index is 2.02. The van der Waals surface area contributed by atoms with Crippen molar-refractivity contribution in [1.29, 1.82) is 0 Å². The molecule has 0 saturated carbocycles. The van der Waals surface area contributed by atoms with Gasteiger partial charge in [0.25, 0.3) is 10.0 Å². The molecule has 0 radical (unpaired) electrons. The van der Waals surface area contributed by atoms with E-state index < -0.39 is 28.5 Å². The zero-order chi connectivity index (χ0) is 28.6. The van der Waals surface area contributed by atoms with E-state index in [1.165, 1.54) is 42.3 Å². The van der Waals surface area contributed by atoms with Gasteiger partial charge in [-0.2, -0.15) is 0 Å². The molecule has 3 aromatic rings. The number of nitrogens with one attached hydrogen (secondary N) is 1. The number of carbonyl (C=O) groups is 2. The largest absolute Gasteiger partial charge is 0.497 e. The van der Waals surface area contributed by atoms with Crippen molar-refractivity contribution in [3.63, 3.8) is 0 Å². The number of sulfonamides is 1. The van der Waals surface area contributed by atoms with Gasteiger partial charge in [0.1, 0.15) is 18.3 Å². The average Bonchev–Trinajstić information content (AvgIpc) is 2.92. The van der Waals surface area contributed by atoms with Crippen molar-refractivity contribution >= 4 is 50.7 Å². The molecule has 0 saturated heterocycles. The minimum absolute atomic E-state index is 0.0359. The number of hydrogen-bond acceptors (Lipinski definition) is 5. The fraction of sp³-hybridized carbons (Fsp3) is 0.286. The molecule has 0 fully saturated rings. The van der Waals surface area contributed by atoms with Crippen molar-refractivity contribution in [2.75, 3.05) is 24.5 Å². The smallest absolute Gasteiger partial charge is 0.264 e. The lowest BCUT2D eigenvalue weighted by Gasteiger charge is -2.32. The first kappa shape index (κ1) is 30.3. The van der Waals surface area contributed by atoms with Crippen LogP contribution in [0.5, 0.6) is 5.75 Å². The molecular weight excluding hydrogens is 561 g/mol. The summed E-state index contributed by atoms with van der Waals surface area (Å²) in [5, 5.41) is 3.59. The minimum atomic E-state index is -4.21. The molecule has 39 heavy (non-hydrogen) atoms. The van der Waals surface area contributed by atoms with Gasteiger partial charge in [-0.15, -0.1) is 0 Å². The maximum atomic E-state index is 13.9. The lowest BCUT2D eigenvalue weighted by molar-refractivity contribution is -0.139. The molecule has 0 aliphatic carbocycles. The highest BCUT2D eigenvalue weighted by molar-refractivity contribution is 7.92. The summed E-state index contributed by atoms with van der Waals surface area (Å²) in [5.74, 6) is -0.440. The fourth-order valence-electron chi connectivity index (χ4n) is 3.85. The Morgan fingerprint density at radius 1 is 0.974 bits per heavy atom. The quantitative estimate of drug-likeness (QED) is 0.314. The number of anilines is 1. The number of halogens is 2. The van der Waals surface area contributed by atoms with Crippen molar-refractivity contribution in [2.24, 2.45) is 0 Å². The second-order valence-electron chi connectivity index (χ2n) is 8.79. The highest BCUT2D eigenvalue weighted by Gasteiger charge is 2.32. The second-order valence-corrected chi connectivity index (χ2v) is 11.5. The predicted molar refractivity (Wildman–Crippen MR) is 154 cm³/mol. The number of nitrogens with zero attached hydrogens (tertiary/aromatic N) is 2. The number of hydrogen-bond donors (Lipinski definition) is 1. The summed E-state index contributed by atoms with van der Waals surface area (Å²) < 4.78 is 33.8. The third-order valence-electron chi connectivity index (χ3n) is 5.98. The molecule has 2 amide bonds. The molecule has 3 rings (SSSR count). The van der Waals surface area contributed by atoms with E-state index in [0.717, 1.165) is 10.7 Å². The number of rotatable bonds is 12. The summed E-state index contributed by atoms with van der Waals surface area (Å²) in [6.45, 7) is 3.46. The van der Waals surface area contributed by atoms with Gasteiger partial charge in [0.2, 0.25) is 11.8 Å². The molecule has 0 bridgehead atoms. The van der Waals surface area contributed by atoms with E-state index in [9.17, 15) is 18.0 Å². The lowest BCUT2D eigenvalue weighted by atomic mass is 10.1. The van der Waals surface area contributed by atoms with E-state index in [-0.39, 0.29) is 23.0 Å². The molecule has 1 N–H and O–H groups in total. The van der Waals surface area contributed by atoms with Gasteiger partial charge >= 0.3 is 0 Å². The highest BCUT2D eigenvalue weighted by atomic mass is 35.5. The highest BCUT2D eigenvalue weighted by Crippen LogP contribution is 2.28. The summed E-state index contributed by atoms with van der Waals surface area (Å²) in [4.78, 5) is 28.1. The van der Waals surface area contributed by atoms with Gasteiger partial charge in [-0.05, 0) is 73.5 Å². The first-order valence-corrected chi connectivity index (χ1v) is 14.5. The zero-order valence-electron chi connectivity index (χ0n) is 21.9. The van der Waals surface area contributed by atoms with Crippen molar-refractivity contribution in [2.45, 2.75) is 37.8 Å². The Hall–Kier alpha value is -3.27. The Bertz CT molecular complexity index is 1400. The van der Waals surface area contributed by atoms with Gasteiger partial charge in [0.05, 0.1) is 17.7 Å². The molecule has 1 atom stereocenters. The van der Waals surface area contributed by atoms with Crippen molar-refractivity contribution in [1.82, 2.24) is 10.2 Å². The first-order chi connectivity index (χ1) is 18.6. The molecule has 0 aliphatic heterocycles. The fourth-order valence-corrected chi connectivity index (χ4v) is 5.65. The summed E-state index contributed by atoms with van der Waals surface area (Å²) in [5.41, 5.74) is 0.899. The monoisotopic (exact) mass is 591 g/mol. The van der Waals surface area contributed by atoms with Gasteiger partial charge in [0.15, 0.2) is 0 Å². The molecule has 208 valence electrons. The molecule has 1 unspecified atom stereocenters. The summed E-state index contributed by atoms with van der Waals surface area (Å²) in [7, 11) is -2.74. The third-order valence-corrected chi connectivity index (χ3v) is 8.24. The standard InChI is InChI=1S/C28H31Cl2N3O5S/c1-4-15-31-28(35)20(2)32(18-21-7-5-8-22(29)16-21)27(34)19-33(24-10-6-9-23(30)17-24)39(36,37)26-13-11-25(38-3)12-14-26/h5-14,16-17,20H,4,15,18-19H2,1-3H3,(H,31,35). The van der Waals surface area contributed by atoms with E-state index in [4.69, 9.17) is 27.9 Å². The normalized spacial score (nSPS) is 11.9. The van der Waals surface area contributed by atoms with Gasteiger partial charge in [0, 0.05) is 23.1 Å². The van der Waals surface area contributed by atoms with Crippen LogP contribution in [0.4, 0.5) is 5.69 Å². The van der Waals surface area contributed by atoms with Crippen LogP contribution < -0.4 is 14.4 Å². The van der Waals surface area contributed by atoms with Crippen molar-refractivity contribution in [3.05, 3.63) is 88.4 Å². The number of amides is 2. The lowest BCUT2D eigenvalue weighted by Crippen LogP contribution is -2.51. The van der Waals surface area contributed by atoms with Crippen LogP contribution in [0.1, 0.15) is 25.8 Å². The third kappa shape index (κ3) is 7.88. The van der Waals surface area contributed by atoms with Crippen LogP contribution in [0.3, 0.4) is 0 Å². The van der Waals surface area contributed by atoms with Crippen molar-refractivity contribution < 1.29 is 22.7 Å². The van der Waals surface area contributed by atoms with E-state index in [1.807, 2.05) is 6.92 Å². The van der Waals surface area contributed by atoms with Crippen LogP contribution in [-0.4, -0.2) is 51.4 Å². The van der Waals surface area contributed by atoms with Gasteiger partial charge < -0.3 is 15.0 Å². The first-order valence-electron chi connectivity index (χ1n) is 12.3. The minimum Gasteiger partial charge on any atom is -0.497 e. The van der Waals surface area contributed by atoms with Crippen LogP contribution in [0.2, 0.25) is 10.0 Å². The van der Waals surface area contributed by atoms with Crippen molar-refractivity contribution in [3.8, 4) is 5.75 Å². The second kappa shape index (κ2) is 13.7. The van der Waals surface area contributed by atoms with Crippen LogP contribution in [0.15, 0.2) is 77.7 Å². The van der Waals surface area contributed by atoms with E-state index in [0.29, 0.717) is 27.9 Å². The molecular formula is C28H31Cl2N3O5S. The Kier molecular flexibility index (Phi) is 10.6. The molecule has 0 spiro atoms. The molecule has 8 nitrogen and oxygen atoms in total. The number of methoxy groups -OCH3 is 1. The Labute approximate surface area is 239 Å². The average molecular weight is 593 g/mol. The molecule has 0 heterocycles. The maximum absolute atomic E-state index is 13.9. The van der Waals surface area contributed by atoms with Crippen LogP contribution in [0, 0.1) is 0 Å². The molecule has 0 aliphatic rings. The maximum Gasteiger partial charge on any atom is 0.264 e. The molecule has 3 aromatic carbocycles. The summed E-state index contributed by atoms with van der Waals surface area (Å²) >= 11 is 12.3. The van der Waals surface area contributed by atoms with E-state index in [2.05, 4.69) is 5.32 Å². The SMILES string of the molecule is CCCNC(=O)C(C)N(Cc1cccc(Cl)c1)C(=O)CN(c1cccc(Cl)c1)S(=O)(=O)c1ccc(OC)cc1. The topological polar surface area (TPSA) is 96.0 Å². The van der Waals surface area contributed by atoms with Gasteiger partial charge in [-0.1, -0.05) is 48.3 Å². The Morgan fingerprint density at radius 3 is 2.21 bits per heavy atom. The van der Waals surface area contributed by atoms with E-state index >= 15 is 0 Å². The number of carbonyl (C=O) groups excluding carboxylic acids is 2. The van der Waals surface area contributed by atoms with Gasteiger partial charge in [-0.3, -0.25) is 13.9 Å². The Morgan fingerprint density at radius 2 is 1.62 bits per heavy atom. The zero-order valence-corrected chi connectivity index (χ0v) is 24.3. The van der Waals surface area contributed by atoms with Crippen LogP contribution in [0.25, 0.3) is 0 Å². The number of ether oxygens (including phenoxy) is 1. The predicted octanol–water partition coefficient (Wildman–Crippen LogP) is 5.14. The van der Waals surface area contributed by atoms with Crippen LogP contribution >= 0.6 is 23.2 Å². The molecule has 11 heteroatoms. The number of benzene rings is 3. The summed E-state index contributed by atoms with van der Waals surface area (Å²) in [6.07, 6.45) is 0.726.